The third-order valence-electron chi connectivity index (χ3n) is 2.10. The zero-order valence-corrected chi connectivity index (χ0v) is 9.60. The van der Waals surface area contributed by atoms with Gasteiger partial charge >= 0.3 is 12.1 Å². The molecule has 0 aliphatic rings. The van der Waals surface area contributed by atoms with Crippen molar-refractivity contribution in [2.24, 2.45) is 0 Å². The van der Waals surface area contributed by atoms with Crippen LogP contribution in [0.25, 0.3) is 0 Å². The van der Waals surface area contributed by atoms with Gasteiger partial charge in [-0.15, -0.1) is 0 Å². The average molecular weight is 237 g/mol. The third-order valence-corrected chi connectivity index (χ3v) is 2.10. The van der Waals surface area contributed by atoms with E-state index in [0.29, 0.717) is 18.7 Å². The summed E-state index contributed by atoms with van der Waals surface area (Å²) in [7, 11) is 0. The van der Waals surface area contributed by atoms with Crippen molar-refractivity contribution in [2.75, 3.05) is 11.9 Å². The summed E-state index contributed by atoms with van der Waals surface area (Å²) in [6, 6.07) is 7.00. The summed E-state index contributed by atoms with van der Waals surface area (Å²) in [5, 5.41) is 11.1. The number of carbonyl (C=O) groups excluding carboxylic acids is 1. The topological polar surface area (TPSA) is 75.6 Å². The van der Waals surface area contributed by atoms with Gasteiger partial charge in [-0.3, -0.25) is 10.1 Å². The lowest BCUT2D eigenvalue weighted by molar-refractivity contribution is -0.136. The lowest BCUT2D eigenvalue weighted by atomic mass is 10.1. The van der Waals surface area contributed by atoms with Crippen molar-refractivity contribution < 1.29 is 19.4 Å². The summed E-state index contributed by atoms with van der Waals surface area (Å²) in [6.45, 7) is 2.05. The Hall–Kier alpha value is -2.04. The van der Waals surface area contributed by atoms with Crippen molar-refractivity contribution in [1.82, 2.24) is 0 Å². The minimum atomic E-state index is -0.821. The van der Waals surface area contributed by atoms with E-state index in [1.807, 2.05) is 0 Å². The molecule has 0 aromatic heterocycles. The molecule has 0 aliphatic heterocycles. The maximum atomic E-state index is 11.1. The van der Waals surface area contributed by atoms with E-state index in [4.69, 9.17) is 9.84 Å². The van der Waals surface area contributed by atoms with Crippen molar-refractivity contribution in [2.45, 2.75) is 19.8 Å². The van der Waals surface area contributed by atoms with Crippen LogP contribution in [0.4, 0.5) is 10.5 Å². The van der Waals surface area contributed by atoms with E-state index < -0.39 is 12.1 Å². The van der Waals surface area contributed by atoms with E-state index >= 15 is 0 Å². The Kier molecular flexibility index (Phi) is 5.00. The fourth-order valence-electron chi connectivity index (χ4n) is 1.29. The number of aryl methyl sites for hydroxylation is 1. The highest BCUT2D eigenvalue weighted by molar-refractivity contribution is 5.84. The number of carboxylic acids is 1. The van der Waals surface area contributed by atoms with Gasteiger partial charge in [0.05, 0.1) is 6.61 Å². The van der Waals surface area contributed by atoms with Gasteiger partial charge in [0, 0.05) is 12.1 Å². The van der Waals surface area contributed by atoms with Gasteiger partial charge in [0.1, 0.15) is 0 Å². The molecule has 2 N–H and O–H groups in total. The van der Waals surface area contributed by atoms with Crippen molar-refractivity contribution in [3.63, 3.8) is 0 Å². The zero-order valence-electron chi connectivity index (χ0n) is 9.60. The van der Waals surface area contributed by atoms with Crippen LogP contribution in [-0.4, -0.2) is 23.8 Å². The molecule has 5 nitrogen and oxygen atoms in total. The molecule has 0 bridgehead atoms. The molecule has 0 radical (unpaired) electrons. The summed E-state index contributed by atoms with van der Waals surface area (Å²) in [6.07, 6.45) is 0.0884. The number of hydrogen-bond acceptors (Lipinski definition) is 3. The first kappa shape index (κ1) is 13.0. The number of benzene rings is 1. The second-order valence-electron chi connectivity index (χ2n) is 3.44. The number of anilines is 1. The molecule has 0 heterocycles. The van der Waals surface area contributed by atoms with Gasteiger partial charge < -0.3 is 9.84 Å². The Morgan fingerprint density at radius 2 is 1.94 bits per heavy atom. The lowest BCUT2D eigenvalue weighted by Crippen LogP contribution is -2.13. The summed E-state index contributed by atoms with van der Waals surface area (Å²) in [5.74, 6) is -0.821. The Morgan fingerprint density at radius 3 is 2.47 bits per heavy atom. The number of rotatable bonds is 5. The van der Waals surface area contributed by atoms with Crippen LogP contribution in [0.2, 0.25) is 0 Å². The molecule has 0 saturated heterocycles. The predicted molar refractivity (Wildman–Crippen MR) is 63.0 cm³/mol. The van der Waals surface area contributed by atoms with Gasteiger partial charge in [-0.25, -0.2) is 4.79 Å². The highest BCUT2D eigenvalue weighted by Gasteiger charge is 2.02. The minimum absolute atomic E-state index is 0.102. The van der Waals surface area contributed by atoms with Gasteiger partial charge in [-0.1, -0.05) is 12.1 Å². The normalized spacial score (nSPS) is 9.71. The number of ether oxygens (including phenoxy) is 1. The highest BCUT2D eigenvalue weighted by atomic mass is 16.5. The van der Waals surface area contributed by atoms with Crippen LogP contribution >= 0.6 is 0 Å². The SMILES string of the molecule is CCOC(=O)Nc1ccc(CCC(=O)O)cc1. The molecule has 5 heteroatoms. The molecule has 17 heavy (non-hydrogen) atoms. The van der Waals surface area contributed by atoms with E-state index in [9.17, 15) is 9.59 Å². The number of amides is 1. The Morgan fingerprint density at radius 1 is 1.29 bits per heavy atom. The van der Waals surface area contributed by atoms with E-state index in [0.717, 1.165) is 5.56 Å². The second kappa shape index (κ2) is 6.52. The molecule has 1 aromatic rings. The van der Waals surface area contributed by atoms with Crippen LogP contribution in [0, 0.1) is 0 Å². The van der Waals surface area contributed by atoms with E-state index in [-0.39, 0.29) is 6.42 Å². The van der Waals surface area contributed by atoms with Gasteiger partial charge in [0.15, 0.2) is 0 Å². The molecule has 0 spiro atoms. The Bertz CT molecular complexity index is 386. The van der Waals surface area contributed by atoms with Crippen molar-refractivity contribution >= 4 is 17.7 Å². The summed E-state index contributed by atoms with van der Waals surface area (Å²) in [5.41, 5.74) is 1.55. The number of carboxylic acid groups (broad SMARTS) is 1. The number of carbonyl (C=O) groups is 2. The maximum Gasteiger partial charge on any atom is 0.411 e. The molecule has 1 amide bonds. The van der Waals surface area contributed by atoms with E-state index in [2.05, 4.69) is 5.32 Å². The van der Waals surface area contributed by atoms with Gasteiger partial charge in [0.25, 0.3) is 0 Å². The number of hydrogen-bond donors (Lipinski definition) is 2. The predicted octanol–water partition coefficient (Wildman–Crippen LogP) is 2.27. The van der Waals surface area contributed by atoms with Gasteiger partial charge in [0.2, 0.25) is 0 Å². The standard InChI is InChI=1S/C12H15NO4/c1-2-17-12(16)13-10-6-3-9(4-7-10)5-8-11(14)15/h3-4,6-7H,2,5,8H2,1H3,(H,13,16)(H,14,15). The largest absolute Gasteiger partial charge is 0.481 e. The fraction of sp³-hybridized carbons (Fsp3) is 0.333. The van der Waals surface area contributed by atoms with Crippen LogP contribution in [0.1, 0.15) is 18.9 Å². The summed E-state index contributed by atoms with van der Waals surface area (Å²) in [4.78, 5) is 21.5. The fourth-order valence-corrected chi connectivity index (χ4v) is 1.29. The molecule has 92 valence electrons. The molecular formula is C12H15NO4. The van der Waals surface area contributed by atoms with Crippen LogP contribution in [-0.2, 0) is 16.0 Å². The first-order valence-corrected chi connectivity index (χ1v) is 5.36. The minimum Gasteiger partial charge on any atom is -0.481 e. The van der Waals surface area contributed by atoms with Crippen molar-refractivity contribution in [1.29, 1.82) is 0 Å². The van der Waals surface area contributed by atoms with Gasteiger partial charge in [-0.2, -0.15) is 0 Å². The van der Waals surface area contributed by atoms with Crippen LogP contribution < -0.4 is 5.32 Å². The smallest absolute Gasteiger partial charge is 0.411 e. The van der Waals surface area contributed by atoms with Gasteiger partial charge in [-0.05, 0) is 31.0 Å². The quantitative estimate of drug-likeness (QED) is 0.823. The van der Waals surface area contributed by atoms with Crippen LogP contribution in [0.15, 0.2) is 24.3 Å². The van der Waals surface area contributed by atoms with Crippen molar-refractivity contribution in [3.8, 4) is 0 Å². The highest BCUT2D eigenvalue weighted by Crippen LogP contribution is 2.11. The molecule has 0 saturated carbocycles. The second-order valence-corrected chi connectivity index (χ2v) is 3.44. The Balaban J connectivity index is 2.49. The third kappa shape index (κ3) is 5.01. The van der Waals surface area contributed by atoms with Crippen LogP contribution in [0.3, 0.4) is 0 Å². The molecule has 1 aromatic carbocycles. The average Bonchev–Trinajstić information content (AvgIpc) is 2.28. The Labute approximate surface area is 99.4 Å². The van der Waals surface area contributed by atoms with E-state index in [1.54, 1.807) is 31.2 Å². The zero-order chi connectivity index (χ0) is 12.7. The summed E-state index contributed by atoms with van der Waals surface area (Å²) >= 11 is 0. The van der Waals surface area contributed by atoms with Crippen LogP contribution in [0.5, 0.6) is 0 Å². The summed E-state index contributed by atoms with van der Waals surface area (Å²) < 4.78 is 4.73. The molecule has 0 atom stereocenters. The number of aliphatic carboxylic acids is 1. The molecule has 0 fully saturated rings. The molecule has 1 rings (SSSR count). The first-order chi connectivity index (χ1) is 8.11. The first-order valence-electron chi connectivity index (χ1n) is 5.36. The molecule has 0 aliphatic carbocycles. The van der Waals surface area contributed by atoms with Crippen molar-refractivity contribution in [3.05, 3.63) is 29.8 Å². The maximum absolute atomic E-state index is 11.1. The number of nitrogens with one attached hydrogen (secondary N) is 1. The molecule has 0 unspecified atom stereocenters. The molecular weight excluding hydrogens is 222 g/mol. The lowest BCUT2D eigenvalue weighted by Gasteiger charge is -2.05. The van der Waals surface area contributed by atoms with E-state index in [1.165, 1.54) is 0 Å². The monoisotopic (exact) mass is 237 g/mol.